The number of Topliss-reactive ketones (excluding diaryl/α,β-unsaturated/α-hetero) is 1. The van der Waals surface area contributed by atoms with E-state index in [2.05, 4.69) is 15.8 Å². The van der Waals surface area contributed by atoms with Crippen LogP contribution in [0, 0.1) is 30.6 Å². The maximum atomic E-state index is 14.2. The van der Waals surface area contributed by atoms with Gasteiger partial charge in [-0.05, 0) is 19.9 Å². The fourth-order valence-electron chi connectivity index (χ4n) is 7.00. The molecule has 0 fully saturated rings. The number of ether oxygens (including phenoxy) is 4. The molecule has 7 N–H and O–H groups in total. The lowest BCUT2D eigenvalue weighted by Gasteiger charge is -2.38. The summed E-state index contributed by atoms with van der Waals surface area (Å²) in [6, 6.07) is 0. The maximum Gasteiger partial charge on any atom is 0.312 e. The Hall–Kier alpha value is -5.12. The van der Waals surface area contributed by atoms with E-state index in [1.165, 1.54) is 60.3 Å². The lowest BCUT2D eigenvalue weighted by Crippen LogP contribution is -2.46. The zero-order chi connectivity index (χ0) is 40.4. The molecule has 5 bridgehead atoms. The number of nitrogens with zero attached hydrogens (tertiary/aromatic N) is 1. The van der Waals surface area contributed by atoms with Gasteiger partial charge in [0, 0.05) is 68.2 Å². The fourth-order valence-corrected chi connectivity index (χ4v) is 7.00. The second-order valence-corrected chi connectivity index (χ2v) is 14.1. The number of esters is 1. The molecule has 3 aliphatic heterocycles. The van der Waals surface area contributed by atoms with Crippen molar-refractivity contribution in [2.24, 2.45) is 28.8 Å². The van der Waals surface area contributed by atoms with Gasteiger partial charge in [0.1, 0.15) is 23.4 Å². The van der Waals surface area contributed by atoms with Crippen molar-refractivity contribution in [3.05, 3.63) is 52.8 Å². The lowest BCUT2D eigenvalue weighted by atomic mass is 9.78. The fraction of sp³-hybridized carbons (Fsp3) is 0.487. The smallest absolute Gasteiger partial charge is 0.312 e. The first kappa shape index (κ1) is 41.6. The number of aliphatic hydroxyl groups is 2. The third-order valence-electron chi connectivity index (χ3n) is 10.4. The highest BCUT2D eigenvalue weighted by Gasteiger charge is 2.50. The monoisotopic (exact) mass is 753 g/mol. The van der Waals surface area contributed by atoms with Crippen LogP contribution in [0.5, 0.6) is 23.0 Å². The van der Waals surface area contributed by atoms with Crippen LogP contribution in [0.4, 0.5) is 5.69 Å². The van der Waals surface area contributed by atoms with Crippen LogP contribution < -0.4 is 15.5 Å². The minimum atomic E-state index is -2.04. The number of ketones is 1. The molecule has 1 amide bonds. The van der Waals surface area contributed by atoms with E-state index in [1.54, 1.807) is 39.8 Å². The number of methoxy groups -OCH3 is 1. The highest BCUT2D eigenvalue weighted by atomic mass is 16.7. The Kier molecular flexibility index (Phi) is 12.7. The topological polar surface area (TPSA) is 226 Å². The molecule has 0 saturated carbocycles. The highest BCUT2D eigenvalue weighted by Crippen LogP contribution is 2.55. The number of hydrogen-bond acceptors (Lipinski definition) is 14. The summed E-state index contributed by atoms with van der Waals surface area (Å²) in [7, 11) is 2.91. The number of fused-ring (bicyclic) bond motifs is 14. The van der Waals surface area contributed by atoms with Crippen molar-refractivity contribution in [1.29, 1.82) is 0 Å². The van der Waals surface area contributed by atoms with Gasteiger partial charge in [-0.3, -0.25) is 14.4 Å². The zero-order valence-corrected chi connectivity index (χ0v) is 32.1. The van der Waals surface area contributed by atoms with Gasteiger partial charge in [-0.2, -0.15) is 5.10 Å². The first-order chi connectivity index (χ1) is 25.3. The number of nitrogens with one attached hydrogen (secondary N) is 2. The van der Waals surface area contributed by atoms with Gasteiger partial charge in [0.15, 0.2) is 5.75 Å². The predicted molar refractivity (Wildman–Crippen MR) is 200 cm³/mol. The van der Waals surface area contributed by atoms with Crippen molar-refractivity contribution in [2.75, 3.05) is 19.5 Å². The van der Waals surface area contributed by atoms with Crippen molar-refractivity contribution in [1.82, 2.24) is 5.43 Å². The summed E-state index contributed by atoms with van der Waals surface area (Å²) in [5.41, 5.74) is 2.05. The Morgan fingerprint density at radius 1 is 0.981 bits per heavy atom. The second-order valence-electron chi connectivity index (χ2n) is 14.1. The molecule has 15 heteroatoms. The number of carbonyl (C=O) groups excluding carboxylic acids is 3. The van der Waals surface area contributed by atoms with Crippen molar-refractivity contribution in [3.8, 4) is 23.0 Å². The molecule has 0 radical (unpaired) electrons. The molecule has 0 aromatic heterocycles. The van der Waals surface area contributed by atoms with Gasteiger partial charge in [-0.15, -0.1) is 0 Å². The first-order valence-corrected chi connectivity index (χ1v) is 17.6. The highest BCUT2D eigenvalue weighted by molar-refractivity contribution is 6.23. The number of phenolic OH excluding ortho intramolecular Hbond substituents is 3. The van der Waals surface area contributed by atoms with E-state index in [0.29, 0.717) is 0 Å². The standard InChI is InChI=1S/C39H51N3O12/c1-17-12-11-13-18(2)38(50)42-29-24(16-41-40-9)33(47)26-27(34(29)48)32(46)22(6)36-28(26)37(49)39(8,54-36)52-15-14-25(51-10)19(3)35(53-23(7)43)21(5)31(45)20(4)30(17)44/h11-17,19-21,25,30-31,35,40,44-48H,1-10H3,(H,42,50)/t17-,19+,20-,21-,25+,30+,31-,35+,39+/m1/s1. The molecule has 15 nitrogen and oxygen atoms in total. The van der Waals surface area contributed by atoms with E-state index in [1.807, 2.05) is 0 Å². The van der Waals surface area contributed by atoms with E-state index >= 15 is 0 Å². The summed E-state index contributed by atoms with van der Waals surface area (Å²) in [5.74, 6) is -8.46. The molecular weight excluding hydrogens is 702 g/mol. The second kappa shape index (κ2) is 16.5. The van der Waals surface area contributed by atoms with Crippen molar-refractivity contribution in [2.45, 2.75) is 85.6 Å². The third-order valence-corrected chi connectivity index (χ3v) is 10.4. The van der Waals surface area contributed by atoms with Gasteiger partial charge in [-0.25, -0.2) is 0 Å². The number of benzene rings is 2. The normalized spacial score (nSPS) is 29.6. The maximum absolute atomic E-state index is 14.2. The van der Waals surface area contributed by atoms with Crippen LogP contribution in [0.25, 0.3) is 10.8 Å². The summed E-state index contributed by atoms with van der Waals surface area (Å²) >= 11 is 0. The number of anilines is 1. The van der Waals surface area contributed by atoms with Crippen LogP contribution in [-0.2, 0) is 23.8 Å². The van der Waals surface area contributed by atoms with E-state index in [-0.39, 0.29) is 44.5 Å². The molecule has 0 saturated heterocycles. The van der Waals surface area contributed by atoms with Crippen LogP contribution in [0.1, 0.15) is 70.0 Å². The molecule has 3 heterocycles. The van der Waals surface area contributed by atoms with Gasteiger partial charge in [-0.1, -0.05) is 45.9 Å². The number of aromatic hydroxyl groups is 3. The molecular formula is C39H51N3O12. The van der Waals surface area contributed by atoms with Crippen LogP contribution in [0.3, 0.4) is 0 Å². The van der Waals surface area contributed by atoms with Gasteiger partial charge in [0.2, 0.25) is 0 Å². The Morgan fingerprint density at radius 3 is 2.26 bits per heavy atom. The molecule has 0 unspecified atom stereocenters. The van der Waals surface area contributed by atoms with Crippen molar-refractivity contribution >= 4 is 40.3 Å². The average molecular weight is 754 g/mol. The van der Waals surface area contributed by atoms with Crippen LogP contribution in [0.15, 0.2) is 41.2 Å². The average Bonchev–Trinajstić information content (AvgIpc) is 3.39. The number of allylic oxidation sites excluding steroid dienone is 2. The van der Waals surface area contributed by atoms with Gasteiger partial charge >= 0.3 is 11.8 Å². The van der Waals surface area contributed by atoms with Crippen LogP contribution >= 0.6 is 0 Å². The van der Waals surface area contributed by atoms with E-state index in [4.69, 9.17) is 18.9 Å². The van der Waals surface area contributed by atoms with Crippen LogP contribution in [0.2, 0.25) is 0 Å². The largest absolute Gasteiger partial charge is 0.507 e. The first-order valence-electron chi connectivity index (χ1n) is 17.6. The van der Waals surface area contributed by atoms with E-state index in [9.17, 15) is 39.9 Å². The summed E-state index contributed by atoms with van der Waals surface area (Å²) in [6.07, 6.45) is 4.62. The Morgan fingerprint density at radius 2 is 1.65 bits per heavy atom. The minimum absolute atomic E-state index is 0.0446. The molecule has 294 valence electrons. The number of phenols is 3. The lowest BCUT2D eigenvalue weighted by molar-refractivity contribution is -0.160. The molecule has 9 atom stereocenters. The van der Waals surface area contributed by atoms with Gasteiger partial charge in [0.25, 0.3) is 11.7 Å². The number of rotatable bonds is 4. The van der Waals surface area contributed by atoms with E-state index in [0.717, 1.165) is 6.21 Å². The predicted octanol–water partition coefficient (Wildman–Crippen LogP) is 4.31. The number of amides is 1. The van der Waals surface area contributed by atoms with Crippen molar-refractivity contribution in [3.63, 3.8) is 0 Å². The van der Waals surface area contributed by atoms with Crippen LogP contribution in [-0.4, -0.2) is 93.8 Å². The summed E-state index contributed by atoms with van der Waals surface area (Å²) < 4.78 is 23.4. The molecule has 3 aliphatic rings. The zero-order valence-electron chi connectivity index (χ0n) is 32.1. The summed E-state index contributed by atoms with van der Waals surface area (Å²) in [5, 5.41) is 63.4. The molecule has 2 aromatic rings. The SMILES string of the molecule is CNN=Cc1c2c(O)c3c(O)c(C)c4c(c3c1O)C(=O)[C@@](C)(OC=C[C@H](OC)[C@H](C)[C@H](OC(C)=O)[C@H](C)[C@H](O)[C@H](C)[C@@H](O)[C@H](C)C=CC=C(C)C(=O)N2)O4. The molecule has 54 heavy (non-hydrogen) atoms. The number of hydrazone groups is 1. The third kappa shape index (κ3) is 7.74. The number of carbonyl (C=O) groups is 3. The van der Waals surface area contributed by atoms with Gasteiger partial charge < -0.3 is 55.2 Å². The quantitative estimate of drug-likeness (QED) is 0.0761. The van der Waals surface area contributed by atoms with Gasteiger partial charge in [0.05, 0.1) is 53.0 Å². The number of hydrogen-bond donors (Lipinski definition) is 7. The Labute approximate surface area is 313 Å². The minimum Gasteiger partial charge on any atom is -0.507 e. The molecule has 5 rings (SSSR count). The summed E-state index contributed by atoms with van der Waals surface area (Å²) in [6.45, 7) is 12.4. The Balaban J connectivity index is 1.96. The van der Waals surface area contributed by atoms with Crippen molar-refractivity contribution < 1.29 is 58.9 Å². The summed E-state index contributed by atoms with van der Waals surface area (Å²) in [4.78, 5) is 39.9. The molecule has 0 spiro atoms. The molecule has 2 aromatic carbocycles. The number of aliphatic hydroxyl groups excluding tert-OH is 2. The Bertz CT molecular complexity index is 1920. The van der Waals surface area contributed by atoms with E-state index < -0.39 is 88.8 Å². The molecule has 0 aliphatic carbocycles.